The fourth-order valence-electron chi connectivity index (χ4n) is 3.29. The number of nitrogens with one attached hydrogen (secondary N) is 2. The lowest BCUT2D eigenvalue weighted by molar-refractivity contribution is 0.573. The van der Waals surface area contributed by atoms with Crippen molar-refractivity contribution in [2.45, 2.75) is 32.2 Å². The number of rotatable bonds is 6. The first-order chi connectivity index (χ1) is 13.2. The van der Waals surface area contributed by atoms with Gasteiger partial charge in [0.2, 0.25) is 0 Å². The lowest BCUT2D eigenvalue weighted by Crippen LogP contribution is -2.38. The van der Waals surface area contributed by atoms with Gasteiger partial charge >= 0.3 is 0 Å². The number of nitrogens with zero attached hydrogens (tertiary/aromatic N) is 3. The van der Waals surface area contributed by atoms with Crippen LogP contribution in [0.25, 0.3) is 0 Å². The molecular weight excluding hydrogens is 358 g/mol. The van der Waals surface area contributed by atoms with Crippen molar-refractivity contribution in [1.82, 2.24) is 15.6 Å². The summed E-state index contributed by atoms with van der Waals surface area (Å²) in [6, 6.07) is 12.2. The molecule has 0 radical (unpaired) electrons. The predicted octanol–water partition coefficient (Wildman–Crippen LogP) is 3.63. The number of guanidine groups is 1. The number of pyridine rings is 1. The zero-order valence-electron chi connectivity index (χ0n) is 15.9. The largest absolute Gasteiger partial charge is 0.357 e. The third-order valence-electron chi connectivity index (χ3n) is 4.77. The summed E-state index contributed by atoms with van der Waals surface area (Å²) in [6.45, 7) is 3.74. The minimum absolute atomic E-state index is 0.722. The van der Waals surface area contributed by atoms with E-state index in [1.807, 2.05) is 24.4 Å². The van der Waals surface area contributed by atoms with E-state index in [2.05, 4.69) is 43.7 Å². The molecule has 144 valence electrons. The molecule has 1 aliphatic rings. The van der Waals surface area contributed by atoms with Gasteiger partial charge in [0.05, 0.1) is 0 Å². The molecule has 0 saturated carbocycles. The van der Waals surface area contributed by atoms with Gasteiger partial charge in [-0.1, -0.05) is 23.7 Å². The number of aliphatic imine (C=N–C) groups is 1. The summed E-state index contributed by atoms with van der Waals surface area (Å²) < 4.78 is 0. The maximum absolute atomic E-state index is 6.03. The molecule has 0 bridgehead atoms. The van der Waals surface area contributed by atoms with Crippen LogP contribution in [0.15, 0.2) is 47.6 Å². The Morgan fingerprint density at radius 1 is 1.11 bits per heavy atom. The fraction of sp³-hybridized carbons (Fsp3) is 0.429. The molecule has 2 heterocycles. The Kier molecular flexibility index (Phi) is 7.34. The molecule has 2 N–H and O–H groups in total. The van der Waals surface area contributed by atoms with Crippen LogP contribution < -0.4 is 15.5 Å². The second-order valence-electron chi connectivity index (χ2n) is 6.80. The smallest absolute Gasteiger partial charge is 0.191 e. The average molecular weight is 386 g/mol. The highest BCUT2D eigenvalue weighted by Crippen LogP contribution is 2.18. The first kappa shape index (κ1) is 19.5. The summed E-state index contributed by atoms with van der Waals surface area (Å²) in [5.74, 6) is 1.88. The normalized spacial score (nSPS) is 14.9. The zero-order valence-corrected chi connectivity index (χ0v) is 16.7. The van der Waals surface area contributed by atoms with Crippen LogP contribution in [0.4, 0.5) is 5.82 Å². The van der Waals surface area contributed by atoms with E-state index < -0.39 is 0 Å². The topological polar surface area (TPSA) is 52.6 Å². The number of hydrogen-bond donors (Lipinski definition) is 2. The molecule has 1 saturated heterocycles. The fourth-order valence-corrected chi connectivity index (χ4v) is 3.50. The summed E-state index contributed by atoms with van der Waals surface area (Å²) in [5, 5.41) is 7.51. The van der Waals surface area contributed by atoms with Crippen molar-refractivity contribution < 1.29 is 0 Å². The highest BCUT2D eigenvalue weighted by Gasteiger charge is 2.12. The maximum Gasteiger partial charge on any atom is 0.191 e. The van der Waals surface area contributed by atoms with E-state index in [1.165, 1.54) is 30.4 Å². The summed E-state index contributed by atoms with van der Waals surface area (Å²) in [7, 11) is 1.79. The number of anilines is 1. The van der Waals surface area contributed by atoms with Gasteiger partial charge in [0.1, 0.15) is 5.82 Å². The molecule has 0 atom stereocenters. The third kappa shape index (κ3) is 6.14. The molecule has 2 aromatic rings. The first-order valence-electron chi connectivity index (χ1n) is 9.63. The Bertz CT molecular complexity index is 756. The number of benzene rings is 1. The van der Waals surface area contributed by atoms with Gasteiger partial charge in [-0.25, -0.2) is 4.98 Å². The van der Waals surface area contributed by atoms with Gasteiger partial charge in [-0.2, -0.15) is 0 Å². The minimum Gasteiger partial charge on any atom is -0.357 e. The van der Waals surface area contributed by atoms with E-state index >= 15 is 0 Å². The standard InChI is InChI=1S/C21H28ClN5/c1-23-21(25-11-8-17-6-5-7-19(22)14-17)26-16-18-9-10-24-20(15-18)27-12-3-2-4-13-27/h5-7,9-10,14-15H,2-4,8,11-13,16H2,1H3,(H2,23,25,26). The zero-order chi connectivity index (χ0) is 18.9. The van der Waals surface area contributed by atoms with Gasteiger partial charge in [-0.3, -0.25) is 4.99 Å². The Balaban J connectivity index is 1.47. The Morgan fingerprint density at radius 2 is 1.96 bits per heavy atom. The van der Waals surface area contributed by atoms with Crippen LogP contribution in [0.1, 0.15) is 30.4 Å². The quantitative estimate of drug-likeness (QED) is 0.589. The van der Waals surface area contributed by atoms with Crippen molar-refractivity contribution in [2.24, 2.45) is 4.99 Å². The molecule has 27 heavy (non-hydrogen) atoms. The molecular formula is C21H28ClN5. The number of piperidine rings is 1. The van der Waals surface area contributed by atoms with Crippen molar-refractivity contribution in [2.75, 3.05) is 31.6 Å². The Labute approximate surface area is 166 Å². The van der Waals surface area contributed by atoms with Crippen LogP contribution in [0.3, 0.4) is 0 Å². The van der Waals surface area contributed by atoms with E-state index in [0.717, 1.165) is 49.4 Å². The van der Waals surface area contributed by atoms with Gasteiger partial charge in [0, 0.05) is 44.4 Å². The third-order valence-corrected chi connectivity index (χ3v) is 5.00. The molecule has 1 aliphatic heterocycles. The minimum atomic E-state index is 0.722. The highest BCUT2D eigenvalue weighted by molar-refractivity contribution is 6.30. The summed E-state index contributed by atoms with van der Waals surface area (Å²) in [6.07, 6.45) is 6.64. The van der Waals surface area contributed by atoms with E-state index in [9.17, 15) is 0 Å². The summed E-state index contributed by atoms with van der Waals surface area (Å²) in [5.41, 5.74) is 2.43. The van der Waals surface area contributed by atoms with E-state index in [4.69, 9.17) is 11.6 Å². The number of halogens is 1. The monoisotopic (exact) mass is 385 g/mol. The maximum atomic E-state index is 6.03. The van der Waals surface area contributed by atoms with Crippen molar-refractivity contribution in [3.63, 3.8) is 0 Å². The molecule has 5 nitrogen and oxygen atoms in total. The SMILES string of the molecule is CN=C(NCCc1cccc(Cl)c1)NCc1ccnc(N2CCCCC2)c1. The Hall–Kier alpha value is -2.27. The lowest BCUT2D eigenvalue weighted by atomic mass is 10.1. The molecule has 0 aliphatic carbocycles. The molecule has 6 heteroatoms. The molecule has 1 fully saturated rings. The van der Waals surface area contributed by atoms with Crippen LogP contribution in [0.5, 0.6) is 0 Å². The van der Waals surface area contributed by atoms with Gasteiger partial charge < -0.3 is 15.5 Å². The molecule has 1 aromatic heterocycles. The van der Waals surface area contributed by atoms with Crippen molar-refractivity contribution in [3.05, 3.63) is 58.7 Å². The van der Waals surface area contributed by atoms with Gasteiger partial charge in [-0.05, 0) is 61.1 Å². The van der Waals surface area contributed by atoms with Gasteiger partial charge in [0.15, 0.2) is 5.96 Å². The lowest BCUT2D eigenvalue weighted by Gasteiger charge is -2.28. The van der Waals surface area contributed by atoms with Crippen LogP contribution in [-0.2, 0) is 13.0 Å². The first-order valence-corrected chi connectivity index (χ1v) is 10.0. The van der Waals surface area contributed by atoms with Crippen LogP contribution >= 0.6 is 11.6 Å². The number of hydrogen-bond acceptors (Lipinski definition) is 3. The van der Waals surface area contributed by atoms with Gasteiger partial charge in [-0.15, -0.1) is 0 Å². The molecule has 0 amide bonds. The van der Waals surface area contributed by atoms with E-state index in [-0.39, 0.29) is 0 Å². The van der Waals surface area contributed by atoms with Gasteiger partial charge in [0.25, 0.3) is 0 Å². The second kappa shape index (κ2) is 10.2. The molecule has 1 aromatic carbocycles. The van der Waals surface area contributed by atoms with E-state index in [1.54, 1.807) is 7.05 Å². The molecule has 3 rings (SSSR count). The molecule has 0 unspecified atom stereocenters. The van der Waals surface area contributed by atoms with Crippen molar-refractivity contribution in [3.8, 4) is 0 Å². The summed E-state index contributed by atoms with van der Waals surface area (Å²) in [4.78, 5) is 11.2. The van der Waals surface area contributed by atoms with Crippen molar-refractivity contribution in [1.29, 1.82) is 0 Å². The average Bonchev–Trinajstić information content (AvgIpc) is 2.71. The van der Waals surface area contributed by atoms with E-state index in [0.29, 0.717) is 0 Å². The highest BCUT2D eigenvalue weighted by atomic mass is 35.5. The molecule has 0 spiro atoms. The Morgan fingerprint density at radius 3 is 2.74 bits per heavy atom. The van der Waals surface area contributed by atoms with Crippen LogP contribution in [0, 0.1) is 0 Å². The second-order valence-corrected chi connectivity index (χ2v) is 7.24. The number of aromatic nitrogens is 1. The van der Waals surface area contributed by atoms with Crippen molar-refractivity contribution >= 4 is 23.4 Å². The summed E-state index contributed by atoms with van der Waals surface area (Å²) >= 11 is 6.03. The van der Waals surface area contributed by atoms with Crippen LogP contribution in [0.2, 0.25) is 5.02 Å². The van der Waals surface area contributed by atoms with Crippen LogP contribution in [-0.4, -0.2) is 37.6 Å². The predicted molar refractivity (Wildman–Crippen MR) is 114 cm³/mol.